The molecule has 0 spiro atoms. The van der Waals surface area contributed by atoms with E-state index >= 15 is 0 Å². The summed E-state index contributed by atoms with van der Waals surface area (Å²) in [5.74, 6) is -1.74. The fourth-order valence-corrected chi connectivity index (χ4v) is 4.62. The smallest absolute Gasteiger partial charge is 0.371 e. The first-order valence-corrected chi connectivity index (χ1v) is 9.45. The van der Waals surface area contributed by atoms with E-state index in [1.54, 1.807) is 0 Å². The van der Waals surface area contributed by atoms with E-state index in [1.165, 1.54) is 4.31 Å². The molecule has 2 aliphatic heterocycles. The lowest BCUT2D eigenvalue weighted by atomic mass is 9.97. The van der Waals surface area contributed by atoms with E-state index in [1.807, 2.05) is 4.90 Å². The Bertz CT molecular complexity index is 727. The van der Waals surface area contributed by atoms with Gasteiger partial charge in [-0.2, -0.15) is 4.31 Å². The minimum atomic E-state index is -3.86. The summed E-state index contributed by atoms with van der Waals surface area (Å²) < 4.78 is 31.2. The SMILES string of the molecule is O=C(O)c1ccc(S(=O)(=O)N2CCC(C(=O)N3CCCC3)CC2)o1. The number of amides is 1. The molecular weight excluding hydrogens is 336 g/mol. The zero-order chi connectivity index (χ0) is 17.3. The lowest BCUT2D eigenvalue weighted by Gasteiger charge is -2.31. The monoisotopic (exact) mass is 356 g/mol. The second-order valence-corrected chi connectivity index (χ2v) is 8.00. The summed E-state index contributed by atoms with van der Waals surface area (Å²) in [6.07, 6.45) is 3.01. The van der Waals surface area contributed by atoms with Crippen molar-refractivity contribution in [2.75, 3.05) is 26.2 Å². The molecule has 1 amide bonds. The van der Waals surface area contributed by atoms with Gasteiger partial charge in [0.05, 0.1) is 0 Å². The molecule has 0 unspecified atom stereocenters. The number of hydrogen-bond acceptors (Lipinski definition) is 5. The Morgan fingerprint density at radius 3 is 2.25 bits per heavy atom. The Balaban J connectivity index is 1.64. The van der Waals surface area contributed by atoms with Crippen LogP contribution in [0.15, 0.2) is 21.6 Å². The normalized spacial score (nSPS) is 20.4. The van der Waals surface area contributed by atoms with Gasteiger partial charge in [0, 0.05) is 32.1 Å². The number of aromatic carboxylic acids is 1. The maximum atomic E-state index is 12.5. The van der Waals surface area contributed by atoms with Gasteiger partial charge >= 0.3 is 5.97 Å². The predicted molar refractivity (Wildman–Crippen MR) is 83.0 cm³/mol. The van der Waals surface area contributed by atoms with Crippen LogP contribution in [0.3, 0.4) is 0 Å². The van der Waals surface area contributed by atoms with Crippen LogP contribution in [0.4, 0.5) is 0 Å². The van der Waals surface area contributed by atoms with Gasteiger partial charge in [0.1, 0.15) is 0 Å². The predicted octanol–water partition coefficient (Wildman–Crippen LogP) is 1.00. The van der Waals surface area contributed by atoms with Crippen LogP contribution in [-0.4, -0.2) is 60.8 Å². The van der Waals surface area contributed by atoms with Gasteiger partial charge in [-0.15, -0.1) is 0 Å². The summed E-state index contributed by atoms with van der Waals surface area (Å²) in [7, 11) is -3.86. The number of furan rings is 1. The lowest BCUT2D eigenvalue weighted by molar-refractivity contribution is -0.135. The maximum Gasteiger partial charge on any atom is 0.371 e. The molecule has 9 heteroatoms. The van der Waals surface area contributed by atoms with Crippen molar-refractivity contribution < 1.29 is 27.5 Å². The van der Waals surface area contributed by atoms with E-state index in [-0.39, 0.29) is 30.0 Å². The number of hydrogen-bond donors (Lipinski definition) is 1. The maximum absolute atomic E-state index is 12.5. The Morgan fingerprint density at radius 2 is 1.71 bits per heavy atom. The zero-order valence-electron chi connectivity index (χ0n) is 13.2. The summed E-state index contributed by atoms with van der Waals surface area (Å²) in [5, 5.41) is 8.46. The molecule has 0 bridgehead atoms. The van der Waals surface area contributed by atoms with Gasteiger partial charge in [-0.25, -0.2) is 13.2 Å². The number of carboxylic acids is 1. The van der Waals surface area contributed by atoms with Crippen molar-refractivity contribution >= 4 is 21.9 Å². The number of piperidine rings is 1. The van der Waals surface area contributed by atoms with E-state index in [9.17, 15) is 18.0 Å². The van der Waals surface area contributed by atoms with Crippen molar-refractivity contribution in [1.82, 2.24) is 9.21 Å². The average Bonchev–Trinajstić information content (AvgIpc) is 3.26. The number of nitrogens with zero attached hydrogens (tertiary/aromatic N) is 2. The van der Waals surface area contributed by atoms with Gasteiger partial charge in [0.2, 0.25) is 16.8 Å². The number of carbonyl (C=O) groups is 2. The first-order chi connectivity index (χ1) is 11.4. The van der Waals surface area contributed by atoms with Crippen molar-refractivity contribution in [2.24, 2.45) is 5.92 Å². The highest BCUT2D eigenvalue weighted by Crippen LogP contribution is 2.27. The van der Waals surface area contributed by atoms with Gasteiger partial charge in [-0.05, 0) is 37.8 Å². The standard InChI is InChI=1S/C15H20N2O6S/c18-14(16-7-1-2-8-16)11-5-9-17(10-6-11)24(21,22)13-4-3-12(23-13)15(19)20/h3-4,11H,1-2,5-10H2,(H,19,20). The van der Waals surface area contributed by atoms with Crippen LogP contribution in [0, 0.1) is 5.92 Å². The number of carboxylic acid groups (broad SMARTS) is 1. The molecule has 1 aromatic rings. The van der Waals surface area contributed by atoms with E-state index in [0.29, 0.717) is 12.8 Å². The number of rotatable bonds is 4. The van der Waals surface area contributed by atoms with Gasteiger partial charge in [-0.3, -0.25) is 4.79 Å². The average molecular weight is 356 g/mol. The fraction of sp³-hybridized carbons (Fsp3) is 0.600. The minimum Gasteiger partial charge on any atom is -0.475 e. The van der Waals surface area contributed by atoms with Crippen LogP contribution in [-0.2, 0) is 14.8 Å². The zero-order valence-corrected chi connectivity index (χ0v) is 14.0. The van der Waals surface area contributed by atoms with Crippen LogP contribution in [0.25, 0.3) is 0 Å². The summed E-state index contributed by atoms with van der Waals surface area (Å²) in [6, 6.07) is 2.28. The van der Waals surface area contributed by atoms with Crippen molar-refractivity contribution in [2.45, 2.75) is 30.8 Å². The Labute approximate surface area is 140 Å². The van der Waals surface area contributed by atoms with Crippen molar-refractivity contribution in [1.29, 1.82) is 0 Å². The Kier molecular flexibility index (Phi) is 4.64. The van der Waals surface area contributed by atoms with Gasteiger partial charge in [-0.1, -0.05) is 0 Å². The van der Waals surface area contributed by atoms with Crippen molar-refractivity contribution in [3.8, 4) is 0 Å². The first-order valence-electron chi connectivity index (χ1n) is 8.01. The molecule has 1 aromatic heterocycles. The fourth-order valence-electron chi connectivity index (χ4n) is 3.24. The Hall–Kier alpha value is -1.87. The summed E-state index contributed by atoms with van der Waals surface area (Å²) in [5.41, 5.74) is 0. The first kappa shape index (κ1) is 17.0. The molecule has 2 fully saturated rings. The second-order valence-electron chi connectivity index (χ2n) is 6.13. The summed E-state index contributed by atoms with van der Waals surface area (Å²) in [6.45, 7) is 2.05. The van der Waals surface area contributed by atoms with Crippen LogP contribution in [0.5, 0.6) is 0 Å². The van der Waals surface area contributed by atoms with Crippen LogP contribution >= 0.6 is 0 Å². The van der Waals surface area contributed by atoms with Crippen LogP contribution in [0.1, 0.15) is 36.2 Å². The lowest BCUT2D eigenvalue weighted by Crippen LogP contribution is -2.43. The molecule has 2 saturated heterocycles. The van der Waals surface area contributed by atoms with Crippen LogP contribution < -0.4 is 0 Å². The highest BCUT2D eigenvalue weighted by Gasteiger charge is 2.35. The molecule has 0 aliphatic carbocycles. The molecule has 2 aliphatic rings. The van der Waals surface area contributed by atoms with E-state index < -0.39 is 21.8 Å². The Morgan fingerprint density at radius 1 is 1.08 bits per heavy atom. The van der Waals surface area contributed by atoms with Crippen molar-refractivity contribution in [3.05, 3.63) is 17.9 Å². The topological polar surface area (TPSA) is 108 Å². The van der Waals surface area contributed by atoms with Crippen LogP contribution in [0.2, 0.25) is 0 Å². The molecule has 24 heavy (non-hydrogen) atoms. The van der Waals surface area contributed by atoms with Gasteiger partial charge in [0.15, 0.2) is 0 Å². The van der Waals surface area contributed by atoms with Gasteiger partial charge < -0.3 is 14.4 Å². The highest BCUT2D eigenvalue weighted by molar-refractivity contribution is 7.89. The molecule has 1 N–H and O–H groups in total. The summed E-state index contributed by atoms with van der Waals surface area (Å²) >= 11 is 0. The largest absolute Gasteiger partial charge is 0.475 e. The molecule has 3 heterocycles. The quantitative estimate of drug-likeness (QED) is 0.862. The molecule has 132 valence electrons. The number of carbonyl (C=O) groups excluding carboxylic acids is 1. The van der Waals surface area contributed by atoms with Crippen molar-refractivity contribution in [3.63, 3.8) is 0 Å². The second kappa shape index (κ2) is 6.56. The molecule has 0 atom stereocenters. The summed E-state index contributed by atoms with van der Waals surface area (Å²) in [4.78, 5) is 25.1. The number of sulfonamides is 1. The molecule has 3 rings (SSSR count). The molecule has 0 aromatic carbocycles. The van der Waals surface area contributed by atoms with E-state index in [4.69, 9.17) is 9.52 Å². The highest BCUT2D eigenvalue weighted by atomic mass is 32.2. The third-order valence-electron chi connectivity index (χ3n) is 4.61. The van der Waals surface area contributed by atoms with E-state index in [0.717, 1.165) is 38.1 Å². The van der Waals surface area contributed by atoms with Gasteiger partial charge in [0.25, 0.3) is 10.0 Å². The molecule has 8 nitrogen and oxygen atoms in total. The van der Waals surface area contributed by atoms with E-state index in [2.05, 4.69) is 0 Å². The third-order valence-corrected chi connectivity index (χ3v) is 6.38. The third kappa shape index (κ3) is 3.18. The molecule has 0 saturated carbocycles. The minimum absolute atomic E-state index is 0.121. The molecule has 0 radical (unpaired) electrons. The number of likely N-dealkylation sites (tertiary alicyclic amines) is 1. The molecular formula is C15H20N2O6S.